The van der Waals surface area contributed by atoms with Gasteiger partial charge < -0.3 is 4.57 Å². The second kappa shape index (κ2) is 13.1. The Hall–Kier alpha value is -2.96. The molecule has 218 valence electrons. The standard InChI is InChI=1S/C39H46NOP/c1-31-16-13-14-24-38(31)39(34-19-15-29-40-30-34,32-17-7-2-3-8-18-32)33-25-27-37(28-26-33)42(41,36-22-11-6-12-23-36)35-20-9-4-5-10-21-35/h2-4,7,9-10,13-21,24,29-30,33,36-37H,5-6,8,11-12,22-23,25-28H2,1H3. The van der Waals surface area contributed by atoms with Gasteiger partial charge in [-0.15, -0.1) is 0 Å². The van der Waals surface area contributed by atoms with Crippen LogP contribution in [0.3, 0.4) is 0 Å². The van der Waals surface area contributed by atoms with Crippen molar-refractivity contribution >= 4 is 7.14 Å². The van der Waals surface area contributed by atoms with Crippen LogP contribution < -0.4 is 0 Å². The van der Waals surface area contributed by atoms with Crippen LogP contribution in [-0.4, -0.2) is 16.3 Å². The van der Waals surface area contributed by atoms with Crippen molar-refractivity contribution in [2.24, 2.45) is 5.92 Å². The lowest BCUT2D eigenvalue weighted by atomic mass is 9.57. The van der Waals surface area contributed by atoms with Gasteiger partial charge >= 0.3 is 0 Å². The number of nitrogens with zero attached hydrogens (tertiary/aromatic N) is 1. The van der Waals surface area contributed by atoms with Gasteiger partial charge in [0.25, 0.3) is 0 Å². The van der Waals surface area contributed by atoms with Crippen molar-refractivity contribution in [3.8, 4) is 0 Å². The second-order valence-electron chi connectivity index (χ2n) is 12.7. The largest absolute Gasteiger partial charge is 0.318 e. The molecule has 0 spiro atoms. The lowest BCUT2D eigenvalue weighted by Gasteiger charge is -2.48. The summed E-state index contributed by atoms with van der Waals surface area (Å²) in [5.74, 6) is 0.395. The molecule has 0 radical (unpaired) electrons. The van der Waals surface area contributed by atoms with E-state index in [1.54, 1.807) is 0 Å². The van der Waals surface area contributed by atoms with Crippen LogP contribution in [-0.2, 0) is 9.98 Å². The molecular weight excluding hydrogens is 529 g/mol. The Labute approximate surface area is 253 Å². The van der Waals surface area contributed by atoms with Gasteiger partial charge in [0, 0.05) is 34.4 Å². The van der Waals surface area contributed by atoms with Gasteiger partial charge in [-0.25, -0.2) is 0 Å². The van der Waals surface area contributed by atoms with Crippen molar-refractivity contribution in [1.29, 1.82) is 0 Å². The number of rotatable bonds is 7. The van der Waals surface area contributed by atoms with E-state index in [0.29, 0.717) is 11.6 Å². The Morgan fingerprint density at radius 2 is 1.57 bits per heavy atom. The molecule has 2 unspecified atom stereocenters. The highest BCUT2D eigenvalue weighted by atomic mass is 31.2. The number of hydrogen-bond donors (Lipinski definition) is 0. The molecule has 1 aromatic carbocycles. The van der Waals surface area contributed by atoms with Gasteiger partial charge in [0.05, 0.1) is 0 Å². The van der Waals surface area contributed by atoms with Gasteiger partial charge in [0.1, 0.15) is 7.14 Å². The quantitative estimate of drug-likeness (QED) is 0.307. The van der Waals surface area contributed by atoms with Crippen molar-refractivity contribution < 1.29 is 4.57 Å². The van der Waals surface area contributed by atoms with Crippen LogP contribution in [0.1, 0.15) is 87.3 Å². The van der Waals surface area contributed by atoms with E-state index in [1.165, 1.54) is 41.5 Å². The molecule has 3 heteroatoms. The Kier molecular flexibility index (Phi) is 9.11. The van der Waals surface area contributed by atoms with Crippen molar-refractivity contribution in [2.45, 2.75) is 94.3 Å². The summed E-state index contributed by atoms with van der Waals surface area (Å²) >= 11 is 0. The third-order valence-corrected chi connectivity index (χ3v) is 14.8. The molecule has 2 atom stereocenters. The highest BCUT2D eigenvalue weighted by Crippen LogP contribution is 2.69. The first-order chi connectivity index (χ1) is 20.6. The van der Waals surface area contributed by atoms with Gasteiger partial charge in [-0.1, -0.05) is 110 Å². The molecule has 2 saturated carbocycles. The molecular formula is C39H46NOP. The van der Waals surface area contributed by atoms with Crippen molar-refractivity contribution in [3.05, 3.63) is 137 Å². The molecule has 2 aromatic rings. The molecule has 0 amide bonds. The maximum atomic E-state index is 15.5. The lowest BCUT2D eigenvalue weighted by molar-refractivity contribution is 0.268. The number of benzene rings is 1. The predicted octanol–water partition coefficient (Wildman–Crippen LogP) is 10.8. The van der Waals surface area contributed by atoms with E-state index in [2.05, 4.69) is 115 Å². The summed E-state index contributed by atoms with van der Waals surface area (Å²) in [6, 6.07) is 13.4. The molecule has 1 heterocycles. The maximum absolute atomic E-state index is 15.5. The minimum absolute atomic E-state index is 0.267. The Morgan fingerprint density at radius 3 is 2.36 bits per heavy atom. The minimum atomic E-state index is -2.57. The monoisotopic (exact) mass is 575 g/mol. The van der Waals surface area contributed by atoms with Crippen molar-refractivity contribution in [2.75, 3.05) is 0 Å². The molecule has 1 aromatic heterocycles. The topological polar surface area (TPSA) is 30.0 Å². The molecule has 0 aliphatic heterocycles. The Morgan fingerprint density at radius 1 is 0.786 bits per heavy atom. The average molecular weight is 576 g/mol. The third kappa shape index (κ3) is 5.44. The zero-order chi connectivity index (χ0) is 28.8. The Bertz CT molecular complexity index is 1460. The third-order valence-electron chi connectivity index (χ3n) is 10.5. The van der Waals surface area contributed by atoms with Crippen molar-refractivity contribution in [3.63, 3.8) is 0 Å². The summed E-state index contributed by atoms with van der Waals surface area (Å²) in [5, 5.41) is 1.14. The van der Waals surface area contributed by atoms with Crippen LogP contribution in [0.15, 0.2) is 120 Å². The lowest BCUT2D eigenvalue weighted by Crippen LogP contribution is -2.42. The number of hydrogen-bond acceptors (Lipinski definition) is 2. The first-order valence-electron chi connectivity index (χ1n) is 16.3. The summed E-state index contributed by atoms with van der Waals surface area (Å²) in [7, 11) is -2.57. The number of aryl methyl sites for hydroxylation is 1. The fraction of sp³-hybridized carbons (Fsp3) is 0.410. The van der Waals surface area contributed by atoms with Crippen molar-refractivity contribution in [1.82, 2.24) is 4.98 Å². The van der Waals surface area contributed by atoms with E-state index in [4.69, 9.17) is 0 Å². The number of pyridine rings is 1. The summed E-state index contributed by atoms with van der Waals surface area (Å²) in [5.41, 5.74) is 5.66. The summed E-state index contributed by atoms with van der Waals surface area (Å²) in [6.45, 7) is 2.26. The first kappa shape index (κ1) is 29.1. The fourth-order valence-electron chi connectivity index (χ4n) is 8.53. The van der Waals surface area contributed by atoms with Gasteiger partial charge in [0.15, 0.2) is 0 Å². The molecule has 2 nitrogen and oxygen atoms in total. The summed E-state index contributed by atoms with van der Waals surface area (Å²) in [6.07, 6.45) is 38.4. The number of aromatic nitrogens is 1. The van der Waals surface area contributed by atoms with Gasteiger partial charge in [-0.05, 0) is 92.5 Å². The highest BCUT2D eigenvalue weighted by Gasteiger charge is 2.50. The van der Waals surface area contributed by atoms with E-state index >= 15 is 4.57 Å². The van der Waals surface area contributed by atoms with Gasteiger partial charge in [-0.3, -0.25) is 4.98 Å². The molecule has 6 rings (SSSR count). The molecule has 42 heavy (non-hydrogen) atoms. The predicted molar refractivity (Wildman–Crippen MR) is 178 cm³/mol. The van der Waals surface area contributed by atoms with Crippen LogP contribution in [0.25, 0.3) is 0 Å². The first-order valence-corrected chi connectivity index (χ1v) is 18.1. The van der Waals surface area contributed by atoms with Gasteiger partial charge in [0.2, 0.25) is 0 Å². The maximum Gasteiger partial charge on any atom is 0.121 e. The summed E-state index contributed by atoms with van der Waals surface area (Å²) < 4.78 is 15.5. The summed E-state index contributed by atoms with van der Waals surface area (Å²) in [4.78, 5) is 4.67. The molecule has 0 saturated heterocycles. The van der Waals surface area contributed by atoms with Crippen LogP contribution in [0.5, 0.6) is 0 Å². The van der Waals surface area contributed by atoms with E-state index in [1.807, 2.05) is 6.20 Å². The van der Waals surface area contributed by atoms with Crippen LogP contribution in [0.4, 0.5) is 0 Å². The molecule has 2 fully saturated rings. The van der Waals surface area contributed by atoms with E-state index in [9.17, 15) is 0 Å². The average Bonchev–Trinajstić information content (AvgIpc) is 3.50. The zero-order valence-corrected chi connectivity index (χ0v) is 26.1. The van der Waals surface area contributed by atoms with Crippen LogP contribution >= 0.6 is 7.14 Å². The Balaban J connectivity index is 1.42. The highest BCUT2D eigenvalue weighted by molar-refractivity contribution is 7.69. The second-order valence-corrected chi connectivity index (χ2v) is 16.1. The van der Waals surface area contributed by atoms with E-state index < -0.39 is 7.14 Å². The number of allylic oxidation sites excluding steroid dienone is 12. The minimum Gasteiger partial charge on any atom is -0.318 e. The molecule has 4 aliphatic rings. The zero-order valence-electron chi connectivity index (χ0n) is 25.2. The molecule has 4 aliphatic carbocycles. The normalized spacial score (nSPS) is 25.9. The molecule has 0 N–H and O–H groups in total. The van der Waals surface area contributed by atoms with Crippen LogP contribution in [0.2, 0.25) is 0 Å². The fourth-order valence-corrected chi connectivity index (χ4v) is 12.8. The van der Waals surface area contributed by atoms with Crippen LogP contribution in [0, 0.1) is 12.8 Å². The van der Waals surface area contributed by atoms with Gasteiger partial charge in [-0.2, -0.15) is 0 Å². The van der Waals surface area contributed by atoms with E-state index in [-0.39, 0.29) is 11.1 Å². The van der Waals surface area contributed by atoms with E-state index in [0.717, 1.165) is 56.7 Å². The molecule has 0 bridgehead atoms. The smallest absolute Gasteiger partial charge is 0.121 e. The SMILES string of the molecule is Cc1ccccc1C(C1=CCC=CC=C1)(c1cccnc1)C1CCC(P(=O)(C2=CC=CCC=C2)C2CCCCC2)CC1.